The van der Waals surface area contributed by atoms with Gasteiger partial charge in [-0.15, -0.1) is 24.0 Å². The molecule has 1 N–H and O–H groups in total. The number of amides is 1. The number of pyridine rings is 1. The maximum atomic E-state index is 12.6. The lowest BCUT2D eigenvalue weighted by molar-refractivity contribution is -0.131. The second-order valence-corrected chi connectivity index (χ2v) is 7.71. The number of piperazine rings is 1. The van der Waals surface area contributed by atoms with Crippen LogP contribution >= 0.6 is 24.0 Å². The van der Waals surface area contributed by atoms with Gasteiger partial charge in [-0.1, -0.05) is 13.0 Å². The van der Waals surface area contributed by atoms with E-state index in [0.717, 1.165) is 63.5 Å². The Bertz CT molecular complexity index is 640. The minimum absolute atomic E-state index is 0. The van der Waals surface area contributed by atoms with Crippen molar-refractivity contribution in [2.24, 2.45) is 10.9 Å². The molecule has 3 rings (SSSR count). The zero-order valence-corrected chi connectivity index (χ0v) is 20.0. The minimum Gasteiger partial charge on any atom is -0.357 e. The SMILES string of the molecule is CCNC(=NCCC(=O)N1CCN(c2ccccn2)CC1)N1CCC(C)CC1.I. The van der Waals surface area contributed by atoms with Crippen molar-refractivity contribution < 1.29 is 4.79 Å². The topological polar surface area (TPSA) is 64.1 Å². The first-order valence-corrected chi connectivity index (χ1v) is 10.6. The van der Waals surface area contributed by atoms with Crippen molar-refractivity contribution in [1.29, 1.82) is 0 Å². The number of hydrogen-bond donors (Lipinski definition) is 1. The van der Waals surface area contributed by atoms with Crippen LogP contribution in [0.5, 0.6) is 0 Å². The maximum Gasteiger partial charge on any atom is 0.224 e. The molecule has 0 saturated carbocycles. The molecule has 0 spiro atoms. The predicted octanol–water partition coefficient (Wildman–Crippen LogP) is 2.44. The van der Waals surface area contributed by atoms with Crippen LogP contribution in [0.1, 0.15) is 33.1 Å². The third-order valence-electron chi connectivity index (χ3n) is 5.61. The van der Waals surface area contributed by atoms with E-state index < -0.39 is 0 Å². The summed E-state index contributed by atoms with van der Waals surface area (Å²) in [5.74, 6) is 2.95. The van der Waals surface area contributed by atoms with Crippen LogP contribution in [-0.2, 0) is 4.79 Å². The summed E-state index contributed by atoms with van der Waals surface area (Å²) >= 11 is 0. The van der Waals surface area contributed by atoms with E-state index in [0.29, 0.717) is 13.0 Å². The van der Waals surface area contributed by atoms with Crippen LogP contribution < -0.4 is 10.2 Å². The maximum absolute atomic E-state index is 12.6. The fraction of sp³-hybridized carbons (Fsp3) is 0.667. The number of rotatable bonds is 5. The number of aliphatic imine (C=N–C) groups is 1. The van der Waals surface area contributed by atoms with Gasteiger partial charge in [0.05, 0.1) is 6.54 Å². The molecular weight excluding hydrogens is 479 g/mol. The summed E-state index contributed by atoms with van der Waals surface area (Å²) < 4.78 is 0. The van der Waals surface area contributed by atoms with Crippen LogP contribution in [0.3, 0.4) is 0 Å². The summed E-state index contributed by atoms with van der Waals surface area (Å²) in [4.78, 5) is 28.2. The first kappa shape index (κ1) is 23.7. The molecule has 0 bridgehead atoms. The lowest BCUT2D eigenvalue weighted by atomic mass is 10.00. The van der Waals surface area contributed by atoms with Gasteiger partial charge in [-0.25, -0.2) is 4.98 Å². The van der Waals surface area contributed by atoms with Gasteiger partial charge in [0.1, 0.15) is 5.82 Å². The molecule has 2 aliphatic heterocycles. The molecule has 162 valence electrons. The number of anilines is 1. The summed E-state index contributed by atoms with van der Waals surface area (Å²) in [6, 6.07) is 5.95. The number of carbonyl (C=O) groups is 1. The zero-order valence-electron chi connectivity index (χ0n) is 17.7. The smallest absolute Gasteiger partial charge is 0.224 e. The molecule has 1 aromatic rings. The molecule has 1 amide bonds. The van der Waals surface area contributed by atoms with Crippen LogP contribution in [-0.4, -0.2) is 79.0 Å². The number of hydrogen-bond acceptors (Lipinski definition) is 4. The highest BCUT2D eigenvalue weighted by Gasteiger charge is 2.22. The average Bonchev–Trinajstić information content (AvgIpc) is 2.74. The van der Waals surface area contributed by atoms with Crippen LogP contribution in [0.15, 0.2) is 29.4 Å². The van der Waals surface area contributed by atoms with Gasteiger partial charge in [0.2, 0.25) is 5.91 Å². The molecule has 0 aliphatic carbocycles. The summed E-state index contributed by atoms with van der Waals surface area (Å²) in [7, 11) is 0. The molecule has 8 heteroatoms. The van der Waals surface area contributed by atoms with Crippen molar-refractivity contribution in [2.75, 3.05) is 57.3 Å². The normalized spacial score (nSPS) is 18.4. The highest BCUT2D eigenvalue weighted by molar-refractivity contribution is 14.0. The van der Waals surface area contributed by atoms with Crippen molar-refractivity contribution in [2.45, 2.75) is 33.1 Å². The van der Waals surface area contributed by atoms with E-state index in [1.54, 1.807) is 0 Å². The number of carbonyl (C=O) groups excluding carboxylic acids is 1. The molecule has 2 aliphatic rings. The monoisotopic (exact) mass is 514 g/mol. The van der Waals surface area contributed by atoms with Gasteiger partial charge in [0.15, 0.2) is 5.96 Å². The van der Waals surface area contributed by atoms with Crippen molar-refractivity contribution in [3.63, 3.8) is 0 Å². The lowest BCUT2D eigenvalue weighted by Crippen LogP contribution is -2.49. The molecule has 0 unspecified atom stereocenters. The molecule has 2 fully saturated rings. The Morgan fingerprint density at radius 1 is 1.14 bits per heavy atom. The number of likely N-dealkylation sites (tertiary alicyclic amines) is 1. The van der Waals surface area contributed by atoms with Crippen molar-refractivity contribution in [3.8, 4) is 0 Å². The number of piperidine rings is 1. The number of nitrogens with one attached hydrogen (secondary N) is 1. The van der Waals surface area contributed by atoms with Gasteiger partial charge in [-0.05, 0) is 37.8 Å². The Hall–Kier alpha value is -1.58. The summed E-state index contributed by atoms with van der Waals surface area (Å²) in [6.07, 6.45) is 4.71. The Balaban J connectivity index is 0.00000300. The molecule has 0 atom stereocenters. The van der Waals surface area contributed by atoms with Crippen LogP contribution in [0, 0.1) is 5.92 Å². The number of guanidine groups is 1. The Labute approximate surface area is 192 Å². The van der Waals surface area contributed by atoms with E-state index in [4.69, 9.17) is 4.99 Å². The Morgan fingerprint density at radius 2 is 1.86 bits per heavy atom. The zero-order chi connectivity index (χ0) is 19.8. The van der Waals surface area contributed by atoms with Crippen molar-refractivity contribution >= 4 is 41.7 Å². The van der Waals surface area contributed by atoms with Gasteiger partial charge in [-0.3, -0.25) is 9.79 Å². The molecule has 7 nitrogen and oxygen atoms in total. The van der Waals surface area contributed by atoms with E-state index in [-0.39, 0.29) is 29.9 Å². The first-order valence-electron chi connectivity index (χ1n) is 10.6. The predicted molar refractivity (Wildman–Crippen MR) is 129 cm³/mol. The van der Waals surface area contributed by atoms with E-state index in [2.05, 4.69) is 33.9 Å². The molecule has 1 aromatic heterocycles. The highest BCUT2D eigenvalue weighted by Crippen LogP contribution is 2.16. The van der Waals surface area contributed by atoms with E-state index in [1.807, 2.05) is 29.3 Å². The second kappa shape index (κ2) is 12.2. The number of aromatic nitrogens is 1. The molecule has 2 saturated heterocycles. The fourth-order valence-electron chi connectivity index (χ4n) is 3.79. The third-order valence-corrected chi connectivity index (χ3v) is 5.61. The quantitative estimate of drug-likeness (QED) is 0.372. The van der Waals surface area contributed by atoms with Crippen molar-refractivity contribution in [1.82, 2.24) is 20.1 Å². The molecule has 0 aromatic carbocycles. The number of nitrogens with zero attached hydrogens (tertiary/aromatic N) is 5. The summed E-state index contributed by atoms with van der Waals surface area (Å²) in [6.45, 7) is 11.1. The largest absolute Gasteiger partial charge is 0.357 e. The average molecular weight is 514 g/mol. The molecular formula is C21H35IN6O. The van der Waals surface area contributed by atoms with Gasteiger partial charge < -0.3 is 20.0 Å². The fourth-order valence-corrected chi connectivity index (χ4v) is 3.79. The summed E-state index contributed by atoms with van der Waals surface area (Å²) in [5, 5.41) is 3.38. The van der Waals surface area contributed by atoms with Crippen LogP contribution in [0.25, 0.3) is 0 Å². The van der Waals surface area contributed by atoms with Crippen molar-refractivity contribution in [3.05, 3.63) is 24.4 Å². The van der Waals surface area contributed by atoms with Gasteiger partial charge in [0, 0.05) is 58.4 Å². The third kappa shape index (κ3) is 7.01. The number of halogens is 1. The molecule has 3 heterocycles. The van der Waals surface area contributed by atoms with Gasteiger partial charge in [0.25, 0.3) is 0 Å². The Morgan fingerprint density at radius 3 is 2.48 bits per heavy atom. The van der Waals surface area contributed by atoms with E-state index >= 15 is 0 Å². The summed E-state index contributed by atoms with van der Waals surface area (Å²) in [5.41, 5.74) is 0. The standard InChI is InChI=1S/C21H34N6O.HI/c1-3-22-21(27-12-8-18(2)9-13-27)24-11-7-20(28)26-16-14-25(15-17-26)19-6-4-5-10-23-19;/h4-6,10,18H,3,7-9,11-17H2,1-2H3,(H,22,24);1H. The van der Waals surface area contributed by atoms with E-state index in [9.17, 15) is 4.79 Å². The van der Waals surface area contributed by atoms with Crippen LogP contribution in [0.2, 0.25) is 0 Å². The molecule has 29 heavy (non-hydrogen) atoms. The molecule has 0 radical (unpaired) electrons. The minimum atomic E-state index is 0. The first-order chi connectivity index (χ1) is 13.7. The Kier molecular flexibility index (Phi) is 9.96. The second-order valence-electron chi connectivity index (χ2n) is 7.71. The van der Waals surface area contributed by atoms with Gasteiger partial charge in [-0.2, -0.15) is 0 Å². The highest BCUT2D eigenvalue weighted by atomic mass is 127. The van der Waals surface area contributed by atoms with Gasteiger partial charge >= 0.3 is 0 Å². The van der Waals surface area contributed by atoms with Crippen LogP contribution in [0.4, 0.5) is 5.82 Å². The van der Waals surface area contributed by atoms with E-state index in [1.165, 1.54) is 12.8 Å². The lowest BCUT2D eigenvalue weighted by Gasteiger charge is -2.35.